The highest BCUT2D eigenvalue weighted by Crippen LogP contribution is 2.29. The Balaban J connectivity index is 2.53. The van der Waals surface area contributed by atoms with E-state index >= 15 is 0 Å². The molecule has 2 rings (SSSR count). The van der Waals surface area contributed by atoms with Crippen LogP contribution in [0.3, 0.4) is 0 Å². The molecule has 0 unspecified atom stereocenters. The number of aromatic nitrogens is 1. The smallest absolute Gasteiger partial charge is 0.103 e. The highest BCUT2D eigenvalue weighted by molar-refractivity contribution is 5.94. The Hall–Kier alpha value is -2.63. The quantitative estimate of drug-likeness (QED) is 0.812. The van der Waals surface area contributed by atoms with Crippen LogP contribution in [0, 0.1) is 22.7 Å². The minimum Gasteiger partial charge on any atom is -0.383 e. The Morgan fingerprint density at radius 2 is 2.05 bits per heavy atom. The fraction of sp³-hybridized carbons (Fsp3) is 0.312. The molecule has 0 atom stereocenters. The zero-order valence-electron chi connectivity index (χ0n) is 11.9. The molecule has 0 aliphatic rings. The molecule has 0 bridgehead atoms. The average molecular weight is 280 g/mol. The van der Waals surface area contributed by atoms with Crippen LogP contribution in [-0.2, 0) is 4.74 Å². The first-order valence-corrected chi connectivity index (χ1v) is 6.70. The van der Waals surface area contributed by atoms with Gasteiger partial charge in [-0.2, -0.15) is 10.5 Å². The van der Waals surface area contributed by atoms with Gasteiger partial charge in [0.2, 0.25) is 0 Å². The zero-order valence-corrected chi connectivity index (χ0v) is 11.9. The molecule has 0 amide bonds. The van der Waals surface area contributed by atoms with Crippen LogP contribution in [0.25, 0.3) is 10.9 Å². The molecule has 0 fully saturated rings. The van der Waals surface area contributed by atoms with Crippen LogP contribution in [-0.4, -0.2) is 31.8 Å². The molecule has 1 heterocycles. The van der Waals surface area contributed by atoms with Gasteiger partial charge in [-0.05, 0) is 6.07 Å². The molecule has 1 aromatic carbocycles. The summed E-state index contributed by atoms with van der Waals surface area (Å²) >= 11 is 0. The van der Waals surface area contributed by atoms with E-state index in [4.69, 9.17) is 10.00 Å². The Bertz CT molecular complexity index is 699. The number of anilines is 1. The number of fused-ring (bicyclic) bond motifs is 1. The van der Waals surface area contributed by atoms with Gasteiger partial charge >= 0.3 is 0 Å². The number of nitrogens with zero attached hydrogens (tertiary/aromatic N) is 4. The van der Waals surface area contributed by atoms with Gasteiger partial charge in [0.1, 0.15) is 6.07 Å². The van der Waals surface area contributed by atoms with Crippen molar-refractivity contribution in [1.29, 1.82) is 10.5 Å². The lowest BCUT2D eigenvalue weighted by molar-refractivity contribution is 0.205. The first-order valence-electron chi connectivity index (χ1n) is 6.70. The first kappa shape index (κ1) is 14.8. The molecule has 0 saturated carbocycles. The lowest BCUT2D eigenvalue weighted by Crippen LogP contribution is -2.29. The number of methoxy groups -OCH3 is 1. The largest absolute Gasteiger partial charge is 0.383 e. The molecule has 2 aromatic rings. The van der Waals surface area contributed by atoms with Crippen LogP contribution in [0.5, 0.6) is 0 Å². The Labute approximate surface area is 124 Å². The summed E-state index contributed by atoms with van der Waals surface area (Å²) < 4.78 is 5.14. The molecular formula is C16H16N4O. The molecule has 0 saturated heterocycles. The summed E-state index contributed by atoms with van der Waals surface area (Å²) in [5.41, 5.74) is 2.18. The van der Waals surface area contributed by atoms with Crippen LogP contribution in [0.1, 0.15) is 12.0 Å². The van der Waals surface area contributed by atoms with E-state index in [0.717, 1.165) is 16.6 Å². The van der Waals surface area contributed by atoms with E-state index in [2.05, 4.69) is 17.1 Å². The van der Waals surface area contributed by atoms with E-state index in [9.17, 15) is 5.26 Å². The third-order valence-electron chi connectivity index (χ3n) is 3.24. The van der Waals surface area contributed by atoms with Crippen molar-refractivity contribution in [3.05, 3.63) is 36.0 Å². The highest BCUT2D eigenvalue weighted by atomic mass is 16.5. The molecule has 5 heteroatoms. The van der Waals surface area contributed by atoms with E-state index < -0.39 is 0 Å². The van der Waals surface area contributed by atoms with E-state index in [1.807, 2.05) is 29.2 Å². The summed E-state index contributed by atoms with van der Waals surface area (Å²) in [7, 11) is 1.64. The number of hydrogen-bond acceptors (Lipinski definition) is 5. The third-order valence-corrected chi connectivity index (χ3v) is 3.24. The summed E-state index contributed by atoms with van der Waals surface area (Å²) in [4.78, 5) is 6.33. The standard InChI is InChI=1S/C16H16N4O/c1-21-10-9-20(8-4-7-17)16-13(11-18)12-19-15-6-3-2-5-14(15)16/h2-3,5-6,12H,4,8-10H2,1H3. The van der Waals surface area contributed by atoms with Crippen molar-refractivity contribution in [2.45, 2.75) is 6.42 Å². The van der Waals surface area contributed by atoms with Crippen molar-refractivity contribution in [1.82, 2.24) is 4.98 Å². The molecule has 106 valence electrons. The lowest BCUT2D eigenvalue weighted by atomic mass is 10.1. The molecular weight excluding hydrogens is 264 g/mol. The van der Waals surface area contributed by atoms with Gasteiger partial charge in [-0.15, -0.1) is 0 Å². The van der Waals surface area contributed by atoms with Gasteiger partial charge in [0.15, 0.2) is 0 Å². The molecule has 0 radical (unpaired) electrons. The molecule has 0 spiro atoms. The molecule has 0 aliphatic carbocycles. The number of nitriles is 2. The van der Waals surface area contributed by atoms with Gasteiger partial charge in [-0.25, -0.2) is 0 Å². The van der Waals surface area contributed by atoms with Gasteiger partial charge in [-0.1, -0.05) is 18.2 Å². The number of para-hydroxylation sites is 1. The molecule has 0 aliphatic heterocycles. The van der Waals surface area contributed by atoms with Crippen molar-refractivity contribution in [2.75, 3.05) is 31.7 Å². The number of benzene rings is 1. The normalized spacial score (nSPS) is 10.0. The van der Waals surface area contributed by atoms with Crippen LogP contribution in [0.4, 0.5) is 5.69 Å². The van der Waals surface area contributed by atoms with E-state index in [1.165, 1.54) is 0 Å². The van der Waals surface area contributed by atoms with Crippen LogP contribution in [0.2, 0.25) is 0 Å². The van der Waals surface area contributed by atoms with Gasteiger partial charge in [0.25, 0.3) is 0 Å². The number of pyridine rings is 1. The zero-order chi connectivity index (χ0) is 15.1. The van der Waals surface area contributed by atoms with Crippen molar-refractivity contribution in [3.63, 3.8) is 0 Å². The monoisotopic (exact) mass is 280 g/mol. The molecule has 0 N–H and O–H groups in total. The SMILES string of the molecule is COCCN(CCC#N)c1c(C#N)cnc2ccccc12. The first-order chi connectivity index (χ1) is 10.3. The third kappa shape index (κ3) is 3.28. The van der Waals surface area contributed by atoms with Gasteiger partial charge in [-0.3, -0.25) is 4.98 Å². The van der Waals surface area contributed by atoms with Crippen molar-refractivity contribution in [3.8, 4) is 12.1 Å². The number of rotatable bonds is 6. The second kappa shape index (κ2) is 7.23. The van der Waals surface area contributed by atoms with Crippen molar-refractivity contribution < 1.29 is 4.74 Å². The minimum absolute atomic E-state index is 0.394. The molecule has 5 nitrogen and oxygen atoms in total. The van der Waals surface area contributed by atoms with Crippen molar-refractivity contribution >= 4 is 16.6 Å². The topological polar surface area (TPSA) is 72.9 Å². The van der Waals surface area contributed by atoms with E-state index in [-0.39, 0.29) is 0 Å². The Morgan fingerprint density at radius 3 is 2.76 bits per heavy atom. The van der Waals surface area contributed by atoms with E-state index in [0.29, 0.717) is 31.7 Å². The fourth-order valence-corrected chi connectivity index (χ4v) is 2.27. The maximum absolute atomic E-state index is 9.36. The average Bonchev–Trinajstić information content (AvgIpc) is 2.54. The number of hydrogen-bond donors (Lipinski definition) is 0. The number of ether oxygens (including phenoxy) is 1. The maximum atomic E-state index is 9.36. The summed E-state index contributed by atoms with van der Waals surface area (Å²) in [6.07, 6.45) is 1.98. The van der Waals surface area contributed by atoms with Gasteiger partial charge < -0.3 is 9.64 Å². The summed E-state index contributed by atoms with van der Waals surface area (Å²) in [5.74, 6) is 0. The molecule has 1 aromatic heterocycles. The van der Waals surface area contributed by atoms with E-state index in [1.54, 1.807) is 13.3 Å². The van der Waals surface area contributed by atoms with Crippen molar-refractivity contribution in [2.24, 2.45) is 0 Å². The predicted molar refractivity (Wildman–Crippen MR) is 80.8 cm³/mol. The molecule has 21 heavy (non-hydrogen) atoms. The second-order valence-electron chi connectivity index (χ2n) is 4.54. The summed E-state index contributed by atoms with van der Waals surface area (Å²) in [6, 6.07) is 12.0. The van der Waals surface area contributed by atoms with Gasteiger partial charge in [0, 0.05) is 31.8 Å². The lowest BCUT2D eigenvalue weighted by Gasteiger charge is -2.25. The predicted octanol–water partition coefficient (Wildman–Crippen LogP) is 2.47. The summed E-state index contributed by atoms with van der Waals surface area (Å²) in [6.45, 7) is 1.72. The van der Waals surface area contributed by atoms with Gasteiger partial charge in [0.05, 0.1) is 35.9 Å². The Morgan fingerprint density at radius 1 is 1.24 bits per heavy atom. The fourth-order valence-electron chi connectivity index (χ4n) is 2.27. The highest BCUT2D eigenvalue weighted by Gasteiger charge is 2.15. The van der Waals surface area contributed by atoms with Crippen LogP contribution >= 0.6 is 0 Å². The van der Waals surface area contributed by atoms with Crippen LogP contribution < -0.4 is 4.90 Å². The second-order valence-corrected chi connectivity index (χ2v) is 4.54. The maximum Gasteiger partial charge on any atom is 0.103 e. The summed E-state index contributed by atoms with van der Waals surface area (Å²) in [5, 5.41) is 19.1. The van der Waals surface area contributed by atoms with Crippen LogP contribution in [0.15, 0.2) is 30.5 Å². The minimum atomic E-state index is 0.394. The Kier molecular flexibility index (Phi) is 5.09.